The van der Waals surface area contributed by atoms with Crippen LogP contribution in [-0.4, -0.2) is 60.6 Å². The molecule has 0 saturated carbocycles. The molecule has 3 fully saturated rings. The molecule has 3 saturated heterocycles. The van der Waals surface area contributed by atoms with Crippen LogP contribution >= 0.6 is 0 Å². The second-order valence-corrected chi connectivity index (χ2v) is 7.90. The van der Waals surface area contributed by atoms with Gasteiger partial charge in [-0.05, 0) is 44.8 Å². The quantitative estimate of drug-likeness (QED) is 0.828. The summed E-state index contributed by atoms with van der Waals surface area (Å²) < 4.78 is 5.73. The highest BCUT2D eigenvalue weighted by Crippen LogP contribution is 2.39. The molecular weight excluding hydrogens is 312 g/mol. The number of benzene rings is 1. The van der Waals surface area contributed by atoms with Gasteiger partial charge in [-0.2, -0.15) is 0 Å². The van der Waals surface area contributed by atoms with Gasteiger partial charge in [0.05, 0.1) is 0 Å². The molecule has 4 nitrogen and oxygen atoms in total. The number of carbonyl (C=O) groups excluding carboxylic acids is 1. The van der Waals surface area contributed by atoms with E-state index in [4.69, 9.17) is 4.74 Å². The van der Waals surface area contributed by atoms with E-state index in [1.807, 2.05) is 0 Å². The SMILES string of the molecule is CN1CCCCC[C@@H]2[C@@H]1[C@H](c1ccccc1)CN2C(=O)C1CCCO1. The molecule has 0 aliphatic carbocycles. The molecule has 0 N–H and O–H groups in total. The molecule has 0 aromatic heterocycles. The summed E-state index contributed by atoms with van der Waals surface area (Å²) in [5.74, 6) is 0.638. The second kappa shape index (κ2) is 7.46. The fourth-order valence-electron chi connectivity index (χ4n) is 5.09. The van der Waals surface area contributed by atoms with Gasteiger partial charge in [0.25, 0.3) is 5.91 Å². The standard InChI is InChI=1S/C21H30N2O2/c1-22-13-7-3-6-11-18-20(22)17(16-9-4-2-5-10-16)15-23(18)21(24)19-12-8-14-25-19/h2,4-5,9-10,17-20H,3,6-8,11-15H2,1H3/t17-,18+,19?,20-/m0/s1. The highest BCUT2D eigenvalue weighted by molar-refractivity contribution is 5.82. The molecule has 25 heavy (non-hydrogen) atoms. The van der Waals surface area contributed by atoms with E-state index in [2.05, 4.69) is 47.2 Å². The first-order valence-corrected chi connectivity index (χ1v) is 9.93. The molecule has 1 aromatic carbocycles. The van der Waals surface area contributed by atoms with Crippen molar-refractivity contribution in [2.24, 2.45) is 0 Å². The number of ether oxygens (including phenoxy) is 1. The predicted octanol–water partition coefficient (Wildman–Crippen LogP) is 3.03. The summed E-state index contributed by atoms with van der Waals surface area (Å²) >= 11 is 0. The monoisotopic (exact) mass is 342 g/mol. The Morgan fingerprint density at radius 3 is 2.68 bits per heavy atom. The van der Waals surface area contributed by atoms with E-state index in [9.17, 15) is 4.79 Å². The van der Waals surface area contributed by atoms with Crippen molar-refractivity contribution in [3.05, 3.63) is 35.9 Å². The van der Waals surface area contributed by atoms with Crippen molar-refractivity contribution >= 4 is 5.91 Å². The van der Waals surface area contributed by atoms with Crippen LogP contribution in [0.1, 0.15) is 50.0 Å². The van der Waals surface area contributed by atoms with Crippen LogP contribution in [0.2, 0.25) is 0 Å². The van der Waals surface area contributed by atoms with Crippen LogP contribution in [0, 0.1) is 0 Å². The van der Waals surface area contributed by atoms with Crippen LogP contribution in [-0.2, 0) is 9.53 Å². The number of hydrogen-bond donors (Lipinski definition) is 0. The summed E-state index contributed by atoms with van der Waals surface area (Å²) in [6.45, 7) is 2.70. The Morgan fingerprint density at radius 2 is 1.92 bits per heavy atom. The molecule has 0 spiro atoms. The zero-order valence-electron chi connectivity index (χ0n) is 15.3. The second-order valence-electron chi connectivity index (χ2n) is 7.90. The first-order valence-electron chi connectivity index (χ1n) is 9.93. The maximum Gasteiger partial charge on any atom is 0.252 e. The fourth-order valence-corrected chi connectivity index (χ4v) is 5.09. The smallest absolute Gasteiger partial charge is 0.252 e. The third-order valence-electron chi connectivity index (χ3n) is 6.34. The Kier molecular flexibility index (Phi) is 5.09. The van der Waals surface area contributed by atoms with Crippen LogP contribution in [0.4, 0.5) is 0 Å². The summed E-state index contributed by atoms with van der Waals surface area (Å²) in [6, 6.07) is 11.5. The largest absolute Gasteiger partial charge is 0.368 e. The summed E-state index contributed by atoms with van der Waals surface area (Å²) in [6.07, 6.45) is 6.58. The van der Waals surface area contributed by atoms with E-state index >= 15 is 0 Å². The van der Waals surface area contributed by atoms with Gasteiger partial charge in [0.15, 0.2) is 0 Å². The van der Waals surface area contributed by atoms with Gasteiger partial charge < -0.3 is 14.5 Å². The Labute approximate surface area is 151 Å². The van der Waals surface area contributed by atoms with Crippen LogP contribution < -0.4 is 0 Å². The predicted molar refractivity (Wildman–Crippen MR) is 98.5 cm³/mol. The molecule has 3 heterocycles. The van der Waals surface area contributed by atoms with Gasteiger partial charge in [0.1, 0.15) is 6.10 Å². The number of likely N-dealkylation sites (N-methyl/N-ethyl adjacent to an activating group) is 1. The third-order valence-corrected chi connectivity index (χ3v) is 6.34. The van der Waals surface area contributed by atoms with Gasteiger partial charge in [0, 0.05) is 31.2 Å². The van der Waals surface area contributed by atoms with Crippen LogP contribution in [0.25, 0.3) is 0 Å². The fraction of sp³-hybridized carbons (Fsp3) is 0.667. The zero-order chi connectivity index (χ0) is 17.2. The minimum Gasteiger partial charge on any atom is -0.368 e. The number of likely N-dealkylation sites (tertiary alicyclic amines) is 2. The van der Waals surface area contributed by atoms with Gasteiger partial charge in [-0.1, -0.05) is 43.2 Å². The van der Waals surface area contributed by atoms with Crippen molar-refractivity contribution in [2.75, 3.05) is 26.7 Å². The van der Waals surface area contributed by atoms with E-state index in [-0.39, 0.29) is 12.0 Å². The van der Waals surface area contributed by atoms with Crippen LogP contribution in [0.15, 0.2) is 30.3 Å². The van der Waals surface area contributed by atoms with E-state index < -0.39 is 0 Å². The lowest BCUT2D eigenvalue weighted by atomic mass is 9.87. The molecule has 4 atom stereocenters. The molecule has 0 bridgehead atoms. The third kappa shape index (κ3) is 3.34. The molecule has 136 valence electrons. The highest BCUT2D eigenvalue weighted by atomic mass is 16.5. The summed E-state index contributed by atoms with van der Waals surface area (Å²) in [7, 11) is 2.25. The van der Waals surface area contributed by atoms with Gasteiger partial charge >= 0.3 is 0 Å². The number of amides is 1. The Bertz CT molecular complexity index is 585. The highest BCUT2D eigenvalue weighted by Gasteiger charge is 2.47. The summed E-state index contributed by atoms with van der Waals surface area (Å²) in [5.41, 5.74) is 1.37. The lowest BCUT2D eigenvalue weighted by molar-refractivity contribution is -0.142. The maximum absolute atomic E-state index is 13.2. The summed E-state index contributed by atoms with van der Waals surface area (Å²) in [5, 5.41) is 0. The average molecular weight is 342 g/mol. The minimum absolute atomic E-state index is 0.203. The molecule has 1 unspecified atom stereocenters. The Morgan fingerprint density at radius 1 is 1.08 bits per heavy atom. The molecular formula is C21H30N2O2. The number of hydrogen-bond acceptors (Lipinski definition) is 3. The number of rotatable bonds is 2. The minimum atomic E-state index is -0.203. The van der Waals surface area contributed by atoms with E-state index in [1.165, 1.54) is 24.8 Å². The molecule has 3 aliphatic heterocycles. The Balaban J connectivity index is 1.64. The summed E-state index contributed by atoms with van der Waals surface area (Å²) in [4.78, 5) is 17.9. The van der Waals surface area contributed by atoms with Crippen molar-refractivity contribution in [1.82, 2.24) is 9.80 Å². The lowest BCUT2D eigenvalue weighted by Gasteiger charge is -2.37. The van der Waals surface area contributed by atoms with Crippen LogP contribution in [0.5, 0.6) is 0 Å². The van der Waals surface area contributed by atoms with Crippen molar-refractivity contribution in [3.63, 3.8) is 0 Å². The van der Waals surface area contributed by atoms with Gasteiger partial charge in [-0.25, -0.2) is 0 Å². The van der Waals surface area contributed by atoms with Crippen molar-refractivity contribution in [3.8, 4) is 0 Å². The zero-order valence-corrected chi connectivity index (χ0v) is 15.3. The van der Waals surface area contributed by atoms with E-state index in [0.717, 1.165) is 39.0 Å². The van der Waals surface area contributed by atoms with Gasteiger partial charge in [0.2, 0.25) is 0 Å². The first-order chi connectivity index (χ1) is 12.3. The topological polar surface area (TPSA) is 32.8 Å². The molecule has 1 aromatic rings. The first kappa shape index (κ1) is 17.0. The molecule has 4 rings (SSSR count). The maximum atomic E-state index is 13.2. The number of carbonyl (C=O) groups is 1. The normalized spacial score (nSPS) is 33.7. The van der Waals surface area contributed by atoms with Gasteiger partial charge in [-0.15, -0.1) is 0 Å². The lowest BCUT2D eigenvalue weighted by Crippen LogP contribution is -2.49. The molecule has 1 amide bonds. The van der Waals surface area contributed by atoms with Crippen molar-refractivity contribution in [2.45, 2.75) is 62.6 Å². The van der Waals surface area contributed by atoms with Crippen LogP contribution in [0.3, 0.4) is 0 Å². The van der Waals surface area contributed by atoms with E-state index in [0.29, 0.717) is 18.0 Å². The number of fused-ring (bicyclic) bond motifs is 1. The van der Waals surface area contributed by atoms with Crippen molar-refractivity contribution in [1.29, 1.82) is 0 Å². The molecule has 3 aliphatic rings. The van der Waals surface area contributed by atoms with Gasteiger partial charge in [-0.3, -0.25) is 4.79 Å². The Hall–Kier alpha value is -1.39. The molecule has 4 heteroatoms. The van der Waals surface area contributed by atoms with Crippen molar-refractivity contribution < 1.29 is 9.53 Å². The number of nitrogens with zero attached hydrogens (tertiary/aromatic N) is 2. The average Bonchev–Trinajstić information content (AvgIpc) is 3.27. The van der Waals surface area contributed by atoms with E-state index in [1.54, 1.807) is 0 Å². The molecule has 0 radical (unpaired) electrons.